The van der Waals surface area contributed by atoms with Gasteiger partial charge in [-0.05, 0) is 6.08 Å². The van der Waals surface area contributed by atoms with Crippen molar-refractivity contribution in [1.82, 2.24) is 15.1 Å². The Kier molecular flexibility index (Phi) is 10.2. The first kappa shape index (κ1) is 23.0. The van der Waals surface area contributed by atoms with Gasteiger partial charge in [0.25, 0.3) is 0 Å². The highest BCUT2D eigenvalue weighted by atomic mass is 16.4. The molecule has 0 bridgehead atoms. The van der Waals surface area contributed by atoms with Gasteiger partial charge in [0.1, 0.15) is 0 Å². The highest BCUT2D eigenvalue weighted by Crippen LogP contribution is 1.96. The second-order valence-corrected chi connectivity index (χ2v) is 5.09. The van der Waals surface area contributed by atoms with E-state index in [4.69, 9.17) is 20.4 Å². The number of carbonyl (C=O) groups is 5. The predicted octanol–water partition coefficient (Wildman–Crippen LogP) is -2.40. The van der Waals surface area contributed by atoms with E-state index in [1.165, 1.54) is 0 Å². The molecule has 26 heavy (non-hydrogen) atoms. The van der Waals surface area contributed by atoms with Gasteiger partial charge in [0.15, 0.2) is 0 Å². The molecule has 12 heteroatoms. The summed E-state index contributed by atoms with van der Waals surface area (Å²) in [6.45, 7) is 1.84. The number of rotatable bonds is 14. The molecule has 0 aliphatic rings. The van der Waals surface area contributed by atoms with Crippen LogP contribution in [0, 0.1) is 0 Å². The van der Waals surface area contributed by atoms with Crippen molar-refractivity contribution < 1.29 is 44.4 Å². The van der Waals surface area contributed by atoms with Gasteiger partial charge in [0.2, 0.25) is 11.9 Å². The number of carboxylic acids is 4. The molecule has 5 N–H and O–H groups in total. The number of carbonyl (C=O) groups excluding carboxylic acids is 1. The van der Waals surface area contributed by atoms with Crippen molar-refractivity contribution in [2.45, 2.75) is 6.04 Å². The molecule has 0 fully saturated rings. The van der Waals surface area contributed by atoms with Gasteiger partial charge in [-0.15, -0.1) is 0 Å². The maximum atomic E-state index is 11.8. The molecule has 0 unspecified atom stereocenters. The Morgan fingerprint density at radius 2 is 1.38 bits per heavy atom. The summed E-state index contributed by atoms with van der Waals surface area (Å²) < 4.78 is 0. The van der Waals surface area contributed by atoms with E-state index in [1.54, 1.807) is 0 Å². The van der Waals surface area contributed by atoms with E-state index in [0.29, 0.717) is 0 Å². The standard InChI is InChI=1S/C14H21N3O9/c1-2-9(18)17(4-3-15-12(13(23)24)14(25)26)6-5-16(7-10(19)20)8-11(21)22/h2,12,15H,1,3-8H2,(H,19,20)(H,21,22)(H,23,24)(H,25,26). The van der Waals surface area contributed by atoms with Gasteiger partial charge in [-0.3, -0.25) is 24.6 Å². The highest BCUT2D eigenvalue weighted by Gasteiger charge is 2.25. The van der Waals surface area contributed by atoms with Crippen LogP contribution in [0.15, 0.2) is 12.7 Å². The van der Waals surface area contributed by atoms with Crippen LogP contribution in [-0.2, 0) is 24.0 Å². The van der Waals surface area contributed by atoms with Gasteiger partial charge in [-0.2, -0.15) is 0 Å². The average molecular weight is 375 g/mol. The molecule has 0 heterocycles. The van der Waals surface area contributed by atoms with Crippen LogP contribution in [0.1, 0.15) is 0 Å². The Morgan fingerprint density at radius 1 is 0.885 bits per heavy atom. The molecule has 0 saturated heterocycles. The zero-order valence-electron chi connectivity index (χ0n) is 13.8. The summed E-state index contributed by atoms with van der Waals surface area (Å²) in [5.74, 6) is -6.21. The smallest absolute Gasteiger partial charge is 0.332 e. The predicted molar refractivity (Wildman–Crippen MR) is 85.6 cm³/mol. The van der Waals surface area contributed by atoms with Crippen molar-refractivity contribution in [2.24, 2.45) is 0 Å². The van der Waals surface area contributed by atoms with E-state index in [-0.39, 0.29) is 26.2 Å². The number of nitrogens with one attached hydrogen (secondary N) is 1. The minimum Gasteiger partial charge on any atom is -0.480 e. The molecule has 0 saturated carbocycles. The Labute approximate surface area is 148 Å². The molecule has 0 aromatic heterocycles. The lowest BCUT2D eigenvalue weighted by atomic mass is 10.3. The molecular formula is C14H21N3O9. The van der Waals surface area contributed by atoms with Crippen molar-refractivity contribution in [3.05, 3.63) is 12.7 Å². The lowest BCUT2D eigenvalue weighted by molar-refractivity contribution is -0.151. The lowest BCUT2D eigenvalue weighted by Gasteiger charge is -2.25. The van der Waals surface area contributed by atoms with E-state index < -0.39 is 48.9 Å². The summed E-state index contributed by atoms with van der Waals surface area (Å²) in [5, 5.41) is 37.3. The first-order valence-electron chi connectivity index (χ1n) is 7.34. The second kappa shape index (κ2) is 11.5. The molecule has 0 atom stereocenters. The fraction of sp³-hybridized carbons (Fsp3) is 0.500. The van der Waals surface area contributed by atoms with E-state index >= 15 is 0 Å². The fourth-order valence-electron chi connectivity index (χ4n) is 1.94. The van der Waals surface area contributed by atoms with Gasteiger partial charge in [0, 0.05) is 26.2 Å². The van der Waals surface area contributed by atoms with Crippen LogP contribution in [0.3, 0.4) is 0 Å². The largest absolute Gasteiger partial charge is 0.480 e. The van der Waals surface area contributed by atoms with Crippen LogP contribution in [0.5, 0.6) is 0 Å². The van der Waals surface area contributed by atoms with E-state index in [1.807, 2.05) is 0 Å². The number of carboxylic acid groups (broad SMARTS) is 4. The van der Waals surface area contributed by atoms with Crippen LogP contribution in [-0.4, -0.2) is 105 Å². The second-order valence-electron chi connectivity index (χ2n) is 5.09. The zero-order valence-corrected chi connectivity index (χ0v) is 13.8. The fourth-order valence-corrected chi connectivity index (χ4v) is 1.94. The third-order valence-corrected chi connectivity index (χ3v) is 3.11. The monoisotopic (exact) mass is 375 g/mol. The molecular weight excluding hydrogens is 354 g/mol. The number of aliphatic carboxylic acids is 4. The zero-order chi connectivity index (χ0) is 20.3. The SMILES string of the molecule is C=CC(=O)N(CCNC(C(=O)O)C(=O)O)CCN(CC(=O)O)CC(=O)O. The quantitative estimate of drug-likeness (QED) is 0.161. The average Bonchev–Trinajstić information content (AvgIpc) is 2.51. The van der Waals surface area contributed by atoms with Crippen LogP contribution in [0.4, 0.5) is 0 Å². The van der Waals surface area contributed by atoms with Gasteiger partial charge in [-0.1, -0.05) is 6.58 Å². The van der Waals surface area contributed by atoms with E-state index in [9.17, 15) is 24.0 Å². The minimum absolute atomic E-state index is 0.0576. The summed E-state index contributed by atoms with van der Waals surface area (Å²) in [7, 11) is 0. The van der Waals surface area contributed by atoms with Gasteiger partial charge < -0.3 is 25.3 Å². The minimum atomic E-state index is -1.84. The number of hydrogen-bond donors (Lipinski definition) is 5. The number of hydrogen-bond acceptors (Lipinski definition) is 7. The molecule has 12 nitrogen and oxygen atoms in total. The van der Waals surface area contributed by atoms with Gasteiger partial charge >= 0.3 is 23.9 Å². The summed E-state index contributed by atoms with van der Waals surface area (Å²) in [6.07, 6.45) is 0.977. The summed E-state index contributed by atoms with van der Waals surface area (Å²) in [4.78, 5) is 57.1. The van der Waals surface area contributed by atoms with Crippen molar-refractivity contribution >= 4 is 29.8 Å². The molecule has 146 valence electrons. The summed E-state index contributed by atoms with van der Waals surface area (Å²) in [6, 6.07) is -1.84. The summed E-state index contributed by atoms with van der Waals surface area (Å²) in [5.41, 5.74) is 0. The third kappa shape index (κ3) is 9.34. The van der Waals surface area contributed by atoms with Crippen molar-refractivity contribution in [1.29, 1.82) is 0 Å². The number of amides is 1. The molecule has 0 aromatic carbocycles. The Balaban J connectivity index is 4.78. The Hall–Kier alpha value is -2.99. The highest BCUT2D eigenvalue weighted by molar-refractivity contribution is 5.97. The molecule has 0 radical (unpaired) electrons. The van der Waals surface area contributed by atoms with Crippen molar-refractivity contribution in [3.63, 3.8) is 0 Å². The molecule has 0 spiro atoms. The van der Waals surface area contributed by atoms with Crippen LogP contribution < -0.4 is 5.32 Å². The molecule has 0 aliphatic heterocycles. The molecule has 1 amide bonds. The molecule has 0 aliphatic carbocycles. The first-order chi connectivity index (χ1) is 12.1. The first-order valence-corrected chi connectivity index (χ1v) is 7.34. The van der Waals surface area contributed by atoms with Crippen molar-refractivity contribution in [3.8, 4) is 0 Å². The van der Waals surface area contributed by atoms with Crippen LogP contribution >= 0.6 is 0 Å². The summed E-state index contributed by atoms with van der Waals surface area (Å²) >= 11 is 0. The maximum Gasteiger partial charge on any atom is 0.332 e. The van der Waals surface area contributed by atoms with Crippen LogP contribution in [0.2, 0.25) is 0 Å². The van der Waals surface area contributed by atoms with Gasteiger partial charge in [0.05, 0.1) is 13.1 Å². The maximum absolute atomic E-state index is 11.8. The van der Waals surface area contributed by atoms with Gasteiger partial charge in [-0.25, -0.2) is 9.59 Å². The molecule has 0 rings (SSSR count). The van der Waals surface area contributed by atoms with E-state index in [0.717, 1.165) is 15.9 Å². The van der Waals surface area contributed by atoms with E-state index in [2.05, 4.69) is 11.9 Å². The third-order valence-electron chi connectivity index (χ3n) is 3.11. The number of nitrogens with zero attached hydrogens (tertiary/aromatic N) is 2. The normalized spacial score (nSPS) is 10.5. The Morgan fingerprint density at radius 3 is 1.77 bits per heavy atom. The molecule has 0 aromatic rings. The van der Waals surface area contributed by atoms with Crippen LogP contribution in [0.25, 0.3) is 0 Å². The lowest BCUT2D eigenvalue weighted by Crippen LogP contribution is -2.48. The Bertz CT molecular complexity index is 534. The topological polar surface area (TPSA) is 185 Å². The van der Waals surface area contributed by atoms with Crippen molar-refractivity contribution in [2.75, 3.05) is 39.3 Å².